The van der Waals surface area contributed by atoms with Crippen LogP contribution >= 0.6 is 0 Å². The van der Waals surface area contributed by atoms with E-state index in [1.807, 2.05) is 79.7 Å². The van der Waals surface area contributed by atoms with Crippen LogP contribution in [0.4, 0.5) is 4.79 Å². The number of nitrogens with two attached hydrogens (primary N) is 1. The van der Waals surface area contributed by atoms with Crippen molar-refractivity contribution in [2.75, 3.05) is 13.7 Å². The summed E-state index contributed by atoms with van der Waals surface area (Å²) in [6.07, 6.45) is 0.467. The quantitative estimate of drug-likeness (QED) is 0.243. The van der Waals surface area contributed by atoms with E-state index in [1.165, 1.54) is 7.11 Å². The summed E-state index contributed by atoms with van der Waals surface area (Å²) >= 11 is 0. The third-order valence-corrected chi connectivity index (χ3v) is 7.26. The minimum Gasteiger partial charge on any atom is -0.453 e. The van der Waals surface area contributed by atoms with Gasteiger partial charge in [0.15, 0.2) is 0 Å². The summed E-state index contributed by atoms with van der Waals surface area (Å²) in [6.45, 7) is 2.54. The number of amides is 3. The smallest absolute Gasteiger partial charge is 0.407 e. The molecule has 0 bridgehead atoms. The van der Waals surface area contributed by atoms with Gasteiger partial charge < -0.3 is 26.0 Å². The number of likely N-dealkylation sites (tertiary alicyclic amines) is 1. The summed E-state index contributed by atoms with van der Waals surface area (Å²) in [5.41, 5.74) is 9.69. The number of nitrogen functional groups attached to an aromatic ring is 1. The first-order valence-corrected chi connectivity index (χ1v) is 13.3. The van der Waals surface area contributed by atoms with Gasteiger partial charge in [-0.2, -0.15) is 0 Å². The number of aryl methyl sites for hydroxylation is 1. The molecular weight excluding hydrogens is 506 g/mol. The second kappa shape index (κ2) is 12.9. The van der Waals surface area contributed by atoms with E-state index in [-0.39, 0.29) is 24.2 Å². The maximum atomic E-state index is 14.2. The van der Waals surface area contributed by atoms with Gasteiger partial charge in [0.25, 0.3) is 0 Å². The number of amidine groups is 1. The summed E-state index contributed by atoms with van der Waals surface area (Å²) in [4.78, 5) is 41.5. The average Bonchev–Trinajstić information content (AvgIpc) is 3.46. The molecular formula is C31H35N5O4. The lowest BCUT2D eigenvalue weighted by Gasteiger charge is -2.33. The number of hydrogen-bond donors (Lipinski definition) is 4. The van der Waals surface area contributed by atoms with Crippen LogP contribution in [0.15, 0.2) is 78.9 Å². The Balaban J connectivity index is 1.58. The first-order chi connectivity index (χ1) is 19.3. The third-order valence-electron chi connectivity index (χ3n) is 7.26. The predicted octanol–water partition coefficient (Wildman–Crippen LogP) is 3.44. The molecule has 2 atom stereocenters. The number of nitrogens with one attached hydrogen (secondary N) is 3. The van der Waals surface area contributed by atoms with Crippen molar-refractivity contribution in [3.8, 4) is 0 Å². The second-order valence-corrected chi connectivity index (χ2v) is 9.88. The number of benzene rings is 3. The zero-order valence-electron chi connectivity index (χ0n) is 22.7. The van der Waals surface area contributed by atoms with E-state index in [0.29, 0.717) is 24.9 Å². The molecule has 0 aliphatic carbocycles. The monoisotopic (exact) mass is 541 g/mol. The van der Waals surface area contributed by atoms with Gasteiger partial charge in [-0.25, -0.2) is 4.79 Å². The van der Waals surface area contributed by atoms with Gasteiger partial charge in [0.1, 0.15) is 17.9 Å². The van der Waals surface area contributed by atoms with Crippen LogP contribution in [-0.2, 0) is 20.9 Å². The maximum absolute atomic E-state index is 14.2. The van der Waals surface area contributed by atoms with Crippen LogP contribution in [0.2, 0.25) is 0 Å². The highest BCUT2D eigenvalue weighted by molar-refractivity contribution is 5.96. The number of methoxy groups -OCH3 is 1. The zero-order chi connectivity index (χ0) is 28.6. The fraction of sp³-hybridized carbons (Fsp3) is 0.290. The Kier molecular flexibility index (Phi) is 9.16. The minimum atomic E-state index is -0.993. The highest BCUT2D eigenvalue weighted by Gasteiger charge is 2.41. The number of carbonyl (C=O) groups is 3. The molecule has 0 spiro atoms. The number of rotatable bonds is 9. The molecule has 9 nitrogen and oxygen atoms in total. The average molecular weight is 542 g/mol. The summed E-state index contributed by atoms with van der Waals surface area (Å²) < 4.78 is 4.89. The van der Waals surface area contributed by atoms with E-state index in [1.54, 1.807) is 11.0 Å². The van der Waals surface area contributed by atoms with E-state index in [4.69, 9.17) is 15.9 Å². The predicted molar refractivity (Wildman–Crippen MR) is 153 cm³/mol. The molecule has 0 unspecified atom stereocenters. The summed E-state index contributed by atoms with van der Waals surface area (Å²) in [5, 5.41) is 13.4. The molecule has 9 heteroatoms. The van der Waals surface area contributed by atoms with Crippen molar-refractivity contribution in [3.63, 3.8) is 0 Å². The lowest BCUT2D eigenvalue weighted by Crippen LogP contribution is -2.55. The van der Waals surface area contributed by atoms with Crippen LogP contribution in [0.3, 0.4) is 0 Å². The molecule has 0 aromatic heterocycles. The molecule has 5 N–H and O–H groups in total. The molecule has 208 valence electrons. The van der Waals surface area contributed by atoms with Gasteiger partial charge in [0.05, 0.1) is 7.11 Å². The van der Waals surface area contributed by atoms with Crippen molar-refractivity contribution in [2.45, 2.75) is 44.3 Å². The normalized spacial score (nSPS) is 15.4. The number of ether oxygens (including phenoxy) is 1. The fourth-order valence-electron chi connectivity index (χ4n) is 5.30. The molecule has 40 heavy (non-hydrogen) atoms. The Hall–Kier alpha value is -4.66. The first kappa shape index (κ1) is 28.4. The van der Waals surface area contributed by atoms with Crippen LogP contribution in [0.5, 0.6) is 0 Å². The lowest BCUT2D eigenvalue weighted by atomic mass is 9.84. The minimum absolute atomic E-state index is 0.00683. The van der Waals surface area contributed by atoms with Gasteiger partial charge in [-0.05, 0) is 42.0 Å². The Bertz CT molecular complexity index is 1320. The molecule has 1 saturated heterocycles. The van der Waals surface area contributed by atoms with Gasteiger partial charge in [-0.3, -0.25) is 15.0 Å². The van der Waals surface area contributed by atoms with E-state index < -0.39 is 24.1 Å². The van der Waals surface area contributed by atoms with Crippen molar-refractivity contribution in [3.05, 3.63) is 107 Å². The number of hydrogen-bond acceptors (Lipinski definition) is 5. The summed E-state index contributed by atoms with van der Waals surface area (Å²) in [7, 11) is 1.26. The van der Waals surface area contributed by atoms with Crippen LogP contribution < -0.4 is 16.4 Å². The number of alkyl carbamates (subject to hydrolysis) is 1. The van der Waals surface area contributed by atoms with Gasteiger partial charge in [0.2, 0.25) is 11.8 Å². The molecule has 0 radical (unpaired) electrons. The van der Waals surface area contributed by atoms with Crippen LogP contribution in [0.25, 0.3) is 0 Å². The highest BCUT2D eigenvalue weighted by Crippen LogP contribution is 2.31. The lowest BCUT2D eigenvalue weighted by molar-refractivity contribution is -0.140. The van der Waals surface area contributed by atoms with Crippen LogP contribution in [-0.4, -0.2) is 54.4 Å². The molecule has 0 saturated carbocycles. The molecule has 4 rings (SSSR count). The van der Waals surface area contributed by atoms with Crippen molar-refractivity contribution in [2.24, 2.45) is 5.73 Å². The molecule has 1 aliphatic rings. The standard InChI is InChI=1S/C31H35N5O4/c1-20-18-21(15-16-24(20)28(32)33)19-34-29(37)25-14-9-17-36(25)30(38)27(35-31(39)40-2)26(22-10-5-3-6-11-22)23-12-7-4-8-13-23/h3-8,10-13,15-16,18,25-27H,9,14,17,19H2,1-2H3,(H3,32,33)(H,34,37)(H,35,39)/t25-,27+/m0/s1. The fourth-order valence-corrected chi connectivity index (χ4v) is 5.30. The maximum Gasteiger partial charge on any atom is 0.407 e. The Morgan fingerprint density at radius 3 is 2.20 bits per heavy atom. The van der Waals surface area contributed by atoms with Gasteiger partial charge in [-0.15, -0.1) is 0 Å². The molecule has 1 heterocycles. The molecule has 3 aromatic carbocycles. The number of carbonyl (C=O) groups excluding carboxylic acids is 3. The van der Waals surface area contributed by atoms with Crippen molar-refractivity contribution >= 4 is 23.7 Å². The summed E-state index contributed by atoms with van der Waals surface area (Å²) in [6, 6.07) is 22.8. The highest BCUT2D eigenvalue weighted by atomic mass is 16.5. The van der Waals surface area contributed by atoms with Gasteiger partial charge in [0, 0.05) is 24.6 Å². The molecule has 3 aromatic rings. The largest absolute Gasteiger partial charge is 0.453 e. The van der Waals surface area contributed by atoms with Crippen molar-refractivity contribution in [1.82, 2.24) is 15.5 Å². The Morgan fingerprint density at radius 2 is 1.65 bits per heavy atom. The second-order valence-electron chi connectivity index (χ2n) is 9.88. The van der Waals surface area contributed by atoms with Gasteiger partial charge >= 0.3 is 6.09 Å². The summed E-state index contributed by atoms with van der Waals surface area (Å²) in [5.74, 6) is -1.11. The van der Waals surface area contributed by atoms with E-state index in [9.17, 15) is 14.4 Å². The SMILES string of the molecule is COC(=O)N[C@@H](C(=O)N1CCC[C@H]1C(=O)NCc1ccc(C(=N)N)c(C)c1)C(c1ccccc1)c1ccccc1. The van der Waals surface area contributed by atoms with Crippen molar-refractivity contribution in [1.29, 1.82) is 5.41 Å². The zero-order valence-corrected chi connectivity index (χ0v) is 22.7. The van der Waals surface area contributed by atoms with E-state index in [0.717, 1.165) is 22.3 Å². The Morgan fingerprint density at radius 1 is 1.02 bits per heavy atom. The third kappa shape index (κ3) is 6.48. The van der Waals surface area contributed by atoms with E-state index in [2.05, 4.69) is 10.6 Å². The molecule has 1 fully saturated rings. The van der Waals surface area contributed by atoms with Crippen molar-refractivity contribution < 1.29 is 19.1 Å². The topological polar surface area (TPSA) is 138 Å². The number of nitrogens with zero attached hydrogens (tertiary/aromatic N) is 1. The van der Waals surface area contributed by atoms with Crippen LogP contribution in [0, 0.1) is 12.3 Å². The molecule has 1 aliphatic heterocycles. The Labute approximate surface area is 234 Å². The van der Waals surface area contributed by atoms with Crippen LogP contribution in [0.1, 0.15) is 46.6 Å². The molecule has 3 amide bonds. The van der Waals surface area contributed by atoms with Gasteiger partial charge in [-0.1, -0.05) is 78.9 Å². The first-order valence-electron chi connectivity index (χ1n) is 13.3. The van der Waals surface area contributed by atoms with E-state index >= 15 is 0 Å².